The van der Waals surface area contributed by atoms with E-state index in [1.165, 1.54) is 19.3 Å². The van der Waals surface area contributed by atoms with E-state index in [1.807, 2.05) is 26.0 Å². The Bertz CT molecular complexity index is 412. The highest BCUT2D eigenvalue weighted by Crippen LogP contribution is 2.29. The molecule has 1 heterocycles. The predicted octanol–water partition coefficient (Wildman–Crippen LogP) is 3.96. The van der Waals surface area contributed by atoms with Gasteiger partial charge in [0.05, 0.1) is 24.3 Å². The molecule has 0 saturated heterocycles. The summed E-state index contributed by atoms with van der Waals surface area (Å²) in [5.41, 5.74) is -0.175. The standard InChI is InChI=1S/C16H24N2O/c1-16(2,13-17)9-3-4-10-18(14-7-8-14)12-15-6-5-11-19-15/h5-6,11,14H,3-4,7-10,12H2,1-2H3. The van der Waals surface area contributed by atoms with Crippen LogP contribution in [0.1, 0.15) is 51.7 Å². The van der Waals surface area contributed by atoms with Crippen molar-refractivity contribution in [1.82, 2.24) is 4.90 Å². The number of nitrogens with zero attached hydrogens (tertiary/aromatic N) is 2. The van der Waals surface area contributed by atoms with E-state index in [9.17, 15) is 0 Å². The van der Waals surface area contributed by atoms with Crippen LogP contribution in [0.25, 0.3) is 0 Å². The molecule has 1 saturated carbocycles. The fraction of sp³-hybridized carbons (Fsp3) is 0.688. The highest BCUT2D eigenvalue weighted by atomic mass is 16.3. The molecule has 0 aliphatic heterocycles. The third-order valence-corrected chi connectivity index (χ3v) is 3.80. The van der Waals surface area contributed by atoms with Crippen LogP contribution in [0.3, 0.4) is 0 Å². The van der Waals surface area contributed by atoms with Gasteiger partial charge >= 0.3 is 0 Å². The molecule has 0 spiro atoms. The van der Waals surface area contributed by atoms with Crippen molar-refractivity contribution in [2.75, 3.05) is 6.54 Å². The predicted molar refractivity (Wildman–Crippen MR) is 75.4 cm³/mol. The van der Waals surface area contributed by atoms with Crippen molar-refractivity contribution < 1.29 is 4.42 Å². The molecule has 19 heavy (non-hydrogen) atoms. The summed E-state index contributed by atoms with van der Waals surface area (Å²) in [6, 6.07) is 7.13. The van der Waals surface area contributed by atoms with Crippen molar-refractivity contribution in [2.45, 2.75) is 58.5 Å². The van der Waals surface area contributed by atoms with Gasteiger partial charge in [-0.1, -0.05) is 6.42 Å². The molecule has 3 heteroatoms. The van der Waals surface area contributed by atoms with Crippen LogP contribution in [0.15, 0.2) is 22.8 Å². The first-order valence-corrected chi connectivity index (χ1v) is 7.28. The van der Waals surface area contributed by atoms with Crippen molar-refractivity contribution >= 4 is 0 Å². The summed E-state index contributed by atoms with van der Waals surface area (Å²) < 4.78 is 5.44. The number of unbranched alkanes of at least 4 members (excludes halogenated alkanes) is 1. The van der Waals surface area contributed by atoms with Gasteiger partial charge in [0, 0.05) is 6.04 Å². The van der Waals surface area contributed by atoms with Crippen LogP contribution >= 0.6 is 0 Å². The largest absolute Gasteiger partial charge is 0.468 e. The summed E-state index contributed by atoms with van der Waals surface area (Å²) >= 11 is 0. The minimum Gasteiger partial charge on any atom is -0.468 e. The van der Waals surface area contributed by atoms with Crippen LogP contribution in [0.4, 0.5) is 0 Å². The molecule has 0 bridgehead atoms. The van der Waals surface area contributed by atoms with E-state index >= 15 is 0 Å². The Kier molecular flexibility index (Phi) is 4.66. The monoisotopic (exact) mass is 260 g/mol. The van der Waals surface area contributed by atoms with E-state index in [-0.39, 0.29) is 5.41 Å². The Labute approximate surface area is 116 Å². The minimum absolute atomic E-state index is 0.175. The summed E-state index contributed by atoms with van der Waals surface area (Å²) in [6.07, 6.45) is 7.68. The van der Waals surface area contributed by atoms with Gasteiger partial charge in [0.1, 0.15) is 5.76 Å². The van der Waals surface area contributed by atoms with Gasteiger partial charge in [-0.05, 0) is 58.2 Å². The number of nitriles is 1. The summed E-state index contributed by atoms with van der Waals surface area (Å²) in [4.78, 5) is 2.53. The zero-order valence-electron chi connectivity index (χ0n) is 12.1. The third kappa shape index (κ3) is 4.72. The molecule has 0 unspecified atom stereocenters. The van der Waals surface area contributed by atoms with Crippen LogP contribution in [-0.2, 0) is 6.54 Å². The molecule has 1 fully saturated rings. The molecule has 1 aromatic heterocycles. The summed E-state index contributed by atoms with van der Waals surface area (Å²) in [5, 5.41) is 9.00. The average molecular weight is 260 g/mol. The maximum atomic E-state index is 9.00. The van der Waals surface area contributed by atoms with Gasteiger partial charge in [-0.15, -0.1) is 0 Å². The first-order chi connectivity index (χ1) is 9.11. The van der Waals surface area contributed by atoms with Gasteiger partial charge in [-0.3, -0.25) is 4.90 Å². The van der Waals surface area contributed by atoms with Gasteiger partial charge < -0.3 is 4.42 Å². The normalized spacial score (nSPS) is 15.7. The van der Waals surface area contributed by atoms with Gasteiger partial charge in [0.2, 0.25) is 0 Å². The molecule has 0 amide bonds. The molecule has 1 aromatic rings. The first-order valence-electron chi connectivity index (χ1n) is 7.28. The zero-order chi connectivity index (χ0) is 13.7. The van der Waals surface area contributed by atoms with E-state index in [0.717, 1.165) is 37.7 Å². The van der Waals surface area contributed by atoms with Crippen LogP contribution in [0, 0.1) is 16.7 Å². The lowest BCUT2D eigenvalue weighted by Crippen LogP contribution is -2.26. The highest BCUT2D eigenvalue weighted by Gasteiger charge is 2.29. The molecule has 104 valence electrons. The van der Waals surface area contributed by atoms with Crippen LogP contribution in [0.5, 0.6) is 0 Å². The van der Waals surface area contributed by atoms with E-state index in [0.29, 0.717) is 0 Å². The number of rotatable bonds is 8. The molecule has 1 aliphatic rings. The van der Waals surface area contributed by atoms with Gasteiger partial charge in [-0.2, -0.15) is 5.26 Å². The summed E-state index contributed by atoms with van der Waals surface area (Å²) in [6.45, 7) is 6.09. The lowest BCUT2D eigenvalue weighted by molar-refractivity contribution is 0.225. The Hall–Kier alpha value is -1.27. The second-order valence-corrected chi connectivity index (χ2v) is 6.23. The van der Waals surface area contributed by atoms with Crippen molar-refractivity contribution in [3.05, 3.63) is 24.2 Å². The minimum atomic E-state index is -0.175. The smallest absolute Gasteiger partial charge is 0.117 e. The summed E-state index contributed by atoms with van der Waals surface area (Å²) in [5.74, 6) is 1.06. The van der Waals surface area contributed by atoms with Gasteiger partial charge in [0.15, 0.2) is 0 Å². The molecule has 0 aromatic carbocycles. The molecule has 1 aliphatic carbocycles. The fourth-order valence-corrected chi connectivity index (χ4v) is 2.37. The maximum absolute atomic E-state index is 9.00. The van der Waals surface area contributed by atoms with Gasteiger partial charge in [0.25, 0.3) is 0 Å². The van der Waals surface area contributed by atoms with E-state index < -0.39 is 0 Å². The third-order valence-electron chi connectivity index (χ3n) is 3.80. The zero-order valence-corrected chi connectivity index (χ0v) is 12.1. The lowest BCUT2D eigenvalue weighted by atomic mass is 9.89. The molecule has 3 nitrogen and oxygen atoms in total. The van der Waals surface area contributed by atoms with Crippen LogP contribution in [0.2, 0.25) is 0 Å². The fourth-order valence-electron chi connectivity index (χ4n) is 2.37. The van der Waals surface area contributed by atoms with Crippen molar-refractivity contribution in [3.8, 4) is 6.07 Å². The molecule has 2 rings (SSSR count). The van der Waals surface area contributed by atoms with Crippen molar-refractivity contribution in [1.29, 1.82) is 5.26 Å². The van der Waals surface area contributed by atoms with Crippen molar-refractivity contribution in [3.63, 3.8) is 0 Å². The number of hydrogen-bond acceptors (Lipinski definition) is 3. The Morgan fingerprint density at radius 2 is 2.21 bits per heavy atom. The average Bonchev–Trinajstić information content (AvgIpc) is 3.11. The van der Waals surface area contributed by atoms with Crippen LogP contribution < -0.4 is 0 Å². The van der Waals surface area contributed by atoms with E-state index in [1.54, 1.807) is 6.26 Å². The lowest BCUT2D eigenvalue weighted by Gasteiger charge is -2.21. The molecule has 0 radical (unpaired) electrons. The second kappa shape index (κ2) is 6.25. The van der Waals surface area contributed by atoms with Crippen molar-refractivity contribution in [2.24, 2.45) is 5.41 Å². The maximum Gasteiger partial charge on any atom is 0.117 e. The number of furan rings is 1. The molecule has 0 atom stereocenters. The molecular formula is C16H24N2O. The Balaban J connectivity index is 1.71. The Morgan fingerprint density at radius 3 is 2.79 bits per heavy atom. The van der Waals surface area contributed by atoms with Crippen LogP contribution in [-0.4, -0.2) is 17.5 Å². The first kappa shape index (κ1) is 14.1. The number of hydrogen-bond donors (Lipinski definition) is 0. The van der Waals surface area contributed by atoms with E-state index in [2.05, 4.69) is 11.0 Å². The quantitative estimate of drug-likeness (QED) is 0.664. The molecule has 0 N–H and O–H groups in total. The highest BCUT2D eigenvalue weighted by molar-refractivity contribution is 4.99. The van der Waals surface area contributed by atoms with E-state index in [4.69, 9.17) is 9.68 Å². The summed E-state index contributed by atoms with van der Waals surface area (Å²) in [7, 11) is 0. The topological polar surface area (TPSA) is 40.2 Å². The second-order valence-electron chi connectivity index (χ2n) is 6.23. The van der Waals surface area contributed by atoms with Gasteiger partial charge in [-0.25, -0.2) is 0 Å². The SMILES string of the molecule is CC(C)(C#N)CCCCN(Cc1ccco1)C1CC1. The molecular weight excluding hydrogens is 236 g/mol. The Morgan fingerprint density at radius 1 is 1.42 bits per heavy atom.